The lowest BCUT2D eigenvalue weighted by Gasteiger charge is -2.21. The quantitative estimate of drug-likeness (QED) is 0.701. The first kappa shape index (κ1) is 17.9. The Labute approximate surface area is 158 Å². The minimum Gasteiger partial charge on any atom is -0.361 e. The van der Waals surface area contributed by atoms with Crippen molar-refractivity contribution < 1.29 is 9.18 Å². The van der Waals surface area contributed by atoms with E-state index >= 15 is 0 Å². The molecule has 1 saturated heterocycles. The first-order valence-electron chi connectivity index (χ1n) is 9.47. The van der Waals surface area contributed by atoms with E-state index in [1.807, 2.05) is 42.6 Å². The highest BCUT2D eigenvalue weighted by Gasteiger charge is 2.19. The van der Waals surface area contributed by atoms with E-state index in [9.17, 15) is 9.18 Å². The van der Waals surface area contributed by atoms with Crippen molar-refractivity contribution in [2.75, 3.05) is 32.7 Å². The first-order chi connectivity index (χ1) is 13.2. The lowest BCUT2D eigenvalue weighted by Crippen LogP contribution is -2.34. The Balaban J connectivity index is 1.35. The van der Waals surface area contributed by atoms with Gasteiger partial charge < -0.3 is 4.98 Å². The van der Waals surface area contributed by atoms with E-state index in [1.54, 1.807) is 6.07 Å². The summed E-state index contributed by atoms with van der Waals surface area (Å²) in [5.41, 5.74) is 2.48. The molecule has 4 nitrogen and oxygen atoms in total. The molecule has 0 atom stereocenters. The summed E-state index contributed by atoms with van der Waals surface area (Å²) in [5, 5.41) is 1.12. The number of ketones is 1. The van der Waals surface area contributed by atoms with Gasteiger partial charge >= 0.3 is 0 Å². The maximum absolute atomic E-state index is 13.9. The van der Waals surface area contributed by atoms with E-state index in [2.05, 4.69) is 14.8 Å². The Morgan fingerprint density at radius 1 is 1.00 bits per heavy atom. The van der Waals surface area contributed by atoms with Gasteiger partial charge in [0.05, 0.1) is 6.54 Å². The van der Waals surface area contributed by atoms with E-state index in [-0.39, 0.29) is 11.6 Å². The Kier molecular flexibility index (Phi) is 5.32. The van der Waals surface area contributed by atoms with Gasteiger partial charge in [0.25, 0.3) is 0 Å². The number of aromatic amines is 1. The van der Waals surface area contributed by atoms with Gasteiger partial charge in [0.15, 0.2) is 5.78 Å². The molecule has 1 aromatic heterocycles. The molecule has 5 heteroatoms. The normalized spacial score (nSPS) is 16.5. The van der Waals surface area contributed by atoms with Crippen LogP contribution in [0.1, 0.15) is 22.3 Å². The predicted octanol–water partition coefficient (Wildman–Crippen LogP) is 3.70. The van der Waals surface area contributed by atoms with Gasteiger partial charge in [-0.2, -0.15) is 0 Å². The summed E-state index contributed by atoms with van der Waals surface area (Å²) >= 11 is 0. The molecule has 1 aliphatic heterocycles. The van der Waals surface area contributed by atoms with Gasteiger partial charge in [-0.15, -0.1) is 0 Å². The summed E-state index contributed by atoms with van der Waals surface area (Å²) in [7, 11) is 0. The standard InChI is InChI=1S/C22H24FN3O/c23-20-5-2-1-4-19(20)15-25-10-3-11-26(13-12-25)16-22(27)18-7-6-17-8-9-24-21(17)14-18/h1-2,4-9,14,24H,3,10-13,15-16H2. The van der Waals surface area contributed by atoms with Crippen molar-refractivity contribution in [2.45, 2.75) is 13.0 Å². The zero-order valence-corrected chi connectivity index (χ0v) is 15.3. The molecule has 140 valence electrons. The molecule has 1 N–H and O–H groups in total. The second-order valence-electron chi connectivity index (χ2n) is 7.20. The van der Waals surface area contributed by atoms with Crippen molar-refractivity contribution in [3.63, 3.8) is 0 Å². The summed E-state index contributed by atoms with van der Waals surface area (Å²) in [5.74, 6) is 0.00236. The lowest BCUT2D eigenvalue weighted by molar-refractivity contribution is 0.0932. The monoisotopic (exact) mass is 365 g/mol. The highest BCUT2D eigenvalue weighted by atomic mass is 19.1. The first-order valence-corrected chi connectivity index (χ1v) is 9.47. The molecule has 0 amide bonds. The number of nitrogens with one attached hydrogen (secondary N) is 1. The minimum absolute atomic E-state index is 0.145. The van der Waals surface area contributed by atoms with Gasteiger partial charge in [0, 0.05) is 42.5 Å². The third-order valence-corrected chi connectivity index (χ3v) is 5.28. The zero-order chi connectivity index (χ0) is 18.6. The summed E-state index contributed by atoms with van der Waals surface area (Å²) in [6.45, 7) is 4.54. The average molecular weight is 365 g/mol. The number of aromatic nitrogens is 1. The van der Waals surface area contributed by atoms with Crippen LogP contribution in [0.25, 0.3) is 10.9 Å². The van der Waals surface area contributed by atoms with E-state index in [0.29, 0.717) is 13.1 Å². The minimum atomic E-state index is -0.145. The van der Waals surface area contributed by atoms with Crippen molar-refractivity contribution in [2.24, 2.45) is 0 Å². The lowest BCUT2D eigenvalue weighted by atomic mass is 10.1. The van der Waals surface area contributed by atoms with Crippen LogP contribution in [0, 0.1) is 5.82 Å². The zero-order valence-electron chi connectivity index (χ0n) is 15.3. The molecule has 2 heterocycles. The summed E-state index contributed by atoms with van der Waals surface area (Å²) in [6, 6.07) is 14.8. The van der Waals surface area contributed by atoms with Crippen molar-refractivity contribution in [1.29, 1.82) is 0 Å². The predicted molar refractivity (Wildman–Crippen MR) is 105 cm³/mol. The van der Waals surface area contributed by atoms with Crippen LogP contribution in [-0.4, -0.2) is 53.3 Å². The van der Waals surface area contributed by atoms with Gasteiger partial charge in [-0.25, -0.2) is 4.39 Å². The van der Waals surface area contributed by atoms with Gasteiger partial charge in [-0.3, -0.25) is 14.6 Å². The molecule has 3 aromatic rings. The van der Waals surface area contributed by atoms with Gasteiger partial charge in [-0.1, -0.05) is 30.3 Å². The molecule has 27 heavy (non-hydrogen) atoms. The van der Waals surface area contributed by atoms with Crippen LogP contribution in [0.15, 0.2) is 54.7 Å². The smallest absolute Gasteiger partial charge is 0.176 e. The number of nitrogens with zero attached hydrogens (tertiary/aromatic N) is 2. The van der Waals surface area contributed by atoms with E-state index < -0.39 is 0 Å². The second kappa shape index (κ2) is 8.03. The van der Waals surface area contributed by atoms with Gasteiger partial charge in [0.1, 0.15) is 5.82 Å². The van der Waals surface area contributed by atoms with Crippen molar-refractivity contribution in [1.82, 2.24) is 14.8 Å². The third-order valence-electron chi connectivity index (χ3n) is 5.28. The molecule has 0 unspecified atom stereocenters. The number of H-pyrrole nitrogens is 1. The molecule has 4 rings (SSSR count). The van der Waals surface area contributed by atoms with Crippen molar-refractivity contribution in [3.05, 3.63) is 71.7 Å². The fourth-order valence-electron chi connectivity index (χ4n) is 3.72. The molecule has 0 spiro atoms. The summed E-state index contributed by atoms with van der Waals surface area (Å²) < 4.78 is 13.9. The second-order valence-corrected chi connectivity index (χ2v) is 7.20. The SMILES string of the molecule is O=C(CN1CCCN(Cc2ccccc2F)CC1)c1ccc2cc[nH]c2c1. The molecular weight excluding hydrogens is 341 g/mol. The van der Waals surface area contributed by atoms with Crippen LogP contribution in [0.2, 0.25) is 0 Å². The number of benzene rings is 2. The Bertz CT molecular complexity index is 936. The Hall–Kier alpha value is -2.50. The highest BCUT2D eigenvalue weighted by Crippen LogP contribution is 2.16. The molecule has 0 aliphatic carbocycles. The maximum atomic E-state index is 13.9. The average Bonchev–Trinajstić information content (AvgIpc) is 3.04. The number of Topliss-reactive ketones (excluding diaryl/α,β-unsaturated/α-hetero) is 1. The summed E-state index contributed by atoms with van der Waals surface area (Å²) in [6.07, 6.45) is 2.87. The molecule has 0 bridgehead atoms. The largest absolute Gasteiger partial charge is 0.361 e. The van der Waals surface area contributed by atoms with Crippen LogP contribution in [0.4, 0.5) is 4.39 Å². The molecule has 2 aromatic carbocycles. The van der Waals surface area contributed by atoms with Crippen molar-refractivity contribution in [3.8, 4) is 0 Å². The molecule has 0 saturated carbocycles. The van der Waals surface area contributed by atoms with Crippen LogP contribution in [0.5, 0.6) is 0 Å². The fraction of sp³-hybridized carbons (Fsp3) is 0.318. The Morgan fingerprint density at radius 2 is 1.81 bits per heavy atom. The maximum Gasteiger partial charge on any atom is 0.176 e. The van der Waals surface area contributed by atoms with E-state index in [4.69, 9.17) is 0 Å². The highest BCUT2D eigenvalue weighted by molar-refractivity contribution is 6.00. The number of fused-ring (bicyclic) bond motifs is 1. The number of carbonyl (C=O) groups is 1. The number of carbonyl (C=O) groups excluding carboxylic acids is 1. The van der Waals surface area contributed by atoms with Crippen molar-refractivity contribution >= 4 is 16.7 Å². The van der Waals surface area contributed by atoms with Crippen LogP contribution in [0.3, 0.4) is 0 Å². The Morgan fingerprint density at radius 3 is 2.70 bits per heavy atom. The third kappa shape index (κ3) is 4.26. The fourth-order valence-corrected chi connectivity index (χ4v) is 3.72. The van der Waals surface area contributed by atoms with Crippen LogP contribution >= 0.6 is 0 Å². The van der Waals surface area contributed by atoms with E-state index in [1.165, 1.54) is 6.07 Å². The molecule has 1 fully saturated rings. The van der Waals surface area contributed by atoms with Crippen LogP contribution < -0.4 is 0 Å². The molecule has 0 radical (unpaired) electrons. The topological polar surface area (TPSA) is 39.3 Å². The number of hydrogen-bond donors (Lipinski definition) is 1. The number of hydrogen-bond acceptors (Lipinski definition) is 3. The molecule has 1 aliphatic rings. The van der Waals surface area contributed by atoms with E-state index in [0.717, 1.165) is 54.6 Å². The summed E-state index contributed by atoms with van der Waals surface area (Å²) in [4.78, 5) is 20.3. The van der Waals surface area contributed by atoms with Gasteiger partial charge in [-0.05, 0) is 43.1 Å². The number of rotatable bonds is 5. The van der Waals surface area contributed by atoms with Crippen LogP contribution in [-0.2, 0) is 6.54 Å². The molecular formula is C22H24FN3O. The van der Waals surface area contributed by atoms with Gasteiger partial charge in [0.2, 0.25) is 0 Å². The number of halogens is 1.